The van der Waals surface area contributed by atoms with E-state index in [2.05, 4.69) is 39.8 Å². The molecule has 0 bridgehead atoms. The number of amides is 1. The molecule has 1 atom stereocenters. The van der Waals surface area contributed by atoms with Crippen molar-refractivity contribution in [2.24, 2.45) is 13.0 Å². The number of nitrogens with zero attached hydrogens (tertiary/aromatic N) is 4. The van der Waals surface area contributed by atoms with Crippen LogP contribution in [0.5, 0.6) is 5.88 Å². The molecule has 1 amide bonds. The number of halogens is 3. The molecular weight excluding hydrogens is 637 g/mol. The molecular formula is C37H47F3N4O5. The fourth-order valence-electron chi connectivity index (χ4n) is 6.16. The van der Waals surface area contributed by atoms with Gasteiger partial charge in [0.05, 0.1) is 25.3 Å². The fraction of sp³-hybridized carbons (Fsp3) is 0.541. The second kappa shape index (κ2) is 16.2. The summed E-state index contributed by atoms with van der Waals surface area (Å²) in [5.41, 5.74) is 3.74. The normalized spacial score (nSPS) is 15.2. The topological polar surface area (TPSA) is 87.9 Å². The van der Waals surface area contributed by atoms with Gasteiger partial charge >= 0.3 is 12.3 Å². The Kier molecular flexibility index (Phi) is 12.0. The number of piperidine rings is 1. The SMILES string of the molecule is Cn1c2ccncc2c2ccc(-c3ccc(OCCCCCOCCOC(CC4CCN(C(=O)OC(C)(C)C)CC4)C(F)(F)F)nc3)cc21. The van der Waals surface area contributed by atoms with Crippen molar-refractivity contribution in [1.29, 1.82) is 0 Å². The van der Waals surface area contributed by atoms with Gasteiger partial charge in [-0.25, -0.2) is 9.78 Å². The van der Waals surface area contributed by atoms with Gasteiger partial charge in [0.25, 0.3) is 0 Å². The van der Waals surface area contributed by atoms with Gasteiger partial charge in [0, 0.05) is 73.3 Å². The van der Waals surface area contributed by atoms with Crippen LogP contribution in [0.15, 0.2) is 55.0 Å². The number of hydrogen-bond acceptors (Lipinski definition) is 7. The first-order valence-electron chi connectivity index (χ1n) is 17.0. The molecule has 1 unspecified atom stereocenters. The lowest BCUT2D eigenvalue weighted by atomic mass is 9.91. The minimum atomic E-state index is -4.46. The van der Waals surface area contributed by atoms with E-state index in [9.17, 15) is 18.0 Å². The van der Waals surface area contributed by atoms with E-state index >= 15 is 0 Å². The molecule has 1 fully saturated rings. The molecule has 1 saturated heterocycles. The van der Waals surface area contributed by atoms with E-state index in [1.807, 2.05) is 30.6 Å². The highest BCUT2D eigenvalue weighted by molar-refractivity contribution is 6.08. The van der Waals surface area contributed by atoms with Gasteiger partial charge in [0.15, 0.2) is 6.10 Å². The van der Waals surface area contributed by atoms with Crippen molar-refractivity contribution in [1.82, 2.24) is 19.4 Å². The van der Waals surface area contributed by atoms with Crippen molar-refractivity contribution in [3.63, 3.8) is 0 Å². The number of aromatic nitrogens is 3. The molecule has 3 aromatic heterocycles. The first-order chi connectivity index (χ1) is 23.4. The number of alkyl halides is 3. The van der Waals surface area contributed by atoms with Crippen molar-refractivity contribution in [2.45, 2.75) is 77.2 Å². The fourth-order valence-corrected chi connectivity index (χ4v) is 6.16. The largest absolute Gasteiger partial charge is 0.478 e. The molecule has 0 spiro atoms. The molecule has 1 aliphatic heterocycles. The summed E-state index contributed by atoms with van der Waals surface area (Å²) in [6.07, 6.45) is 2.06. The summed E-state index contributed by atoms with van der Waals surface area (Å²) in [6, 6.07) is 12.3. The Bertz CT molecular complexity index is 1660. The number of hydrogen-bond donors (Lipinski definition) is 0. The third-order valence-corrected chi connectivity index (χ3v) is 8.79. The Morgan fingerprint density at radius 1 is 0.898 bits per heavy atom. The zero-order chi connectivity index (χ0) is 35.0. The highest BCUT2D eigenvalue weighted by atomic mass is 19.4. The standard InChI is InChI=1S/C37H47F3N4O5/c1-36(2,3)49-35(45)44-16-13-26(14-17-44)22-33(37(38,39)40)47-21-20-46-18-6-5-7-19-48-34-11-9-28(24-42-34)27-8-10-29-30-25-41-15-12-31(30)43(4)32(29)23-27/h8-12,15,23-26,33H,5-7,13-14,16-22H2,1-4H3. The number of unbranched alkanes of at least 4 members (excludes halogenated alkanes) is 2. The van der Waals surface area contributed by atoms with Crippen LogP contribution >= 0.6 is 0 Å². The van der Waals surface area contributed by atoms with Crippen LogP contribution in [0, 0.1) is 5.92 Å². The van der Waals surface area contributed by atoms with Gasteiger partial charge in [-0.05, 0) is 89.0 Å². The zero-order valence-corrected chi connectivity index (χ0v) is 28.8. The number of ether oxygens (including phenoxy) is 4. The number of aryl methyl sites for hydroxylation is 1. The highest BCUT2D eigenvalue weighted by Crippen LogP contribution is 2.33. The minimum Gasteiger partial charge on any atom is -0.478 e. The Morgan fingerprint density at radius 3 is 2.37 bits per heavy atom. The Hall–Kier alpha value is -3.90. The number of likely N-dealkylation sites (tertiary alicyclic amines) is 1. The number of fused-ring (bicyclic) bond motifs is 3. The molecule has 0 aliphatic carbocycles. The maximum Gasteiger partial charge on any atom is 0.414 e. The lowest BCUT2D eigenvalue weighted by molar-refractivity contribution is -0.228. The predicted molar refractivity (Wildman–Crippen MR) is 183 cm³/mol. The van der Waals surface area contributed by atoms with Crippen LogP contribution in [-0.2, 0) is 21.3 Å². The van der Waals surface area contributed by atoms with Crippen LogP contribution in [-0.4, -0.2) is 82.9 Å². The van der Waals surface area contributed by atoms with E-state index in [1.165, 1.54) is 0 Å². The van der Waals surface area contributed by atoms with E-state index in [4.69, 9.17) is 18.9 Å². The van der Waals surface area contributed by atoms with E-state index in [0.29, 0.717) is 45.0 Å². The molecule has 5 rings (SSSR count). The Morgan fingerprint density at radius 2 is 1.65 bits per heavy atom. The van der Waals surface area contributed by atoms with Gasteiger partial charge in [-0.3, -0.25) is 4.98 Å². The van der Waals surface area contributed by atoms with Crippen LogP contribution < -0.4 is 4.74 Å². The average molecular weight is 685 g/mol. The summed E-state index contributed by atoms with van der Waals surface area (Å²) in [6.45, 7) is 7.04. The van der Waals surface area contributed by atoms with Gasteiger partial charge in [-0.15, -0.1) is 0 Å². The number of benzene rings is 1. The number of carbonyl (C=O) groups excluding carboxylic acids is 1. The number of rotatable bonds is 14. The summed E-state index contributed by atoms with van der Waals surface area (Å²) >= 11 is 0. The quantitative estimate of drug-likeness (QED) is 0.123. The van der Waals surface area contributed by atoms with Crippen LogP contribution in [0.3, 0.4) is 0 Å². The van der Waals surface area contributed by atoms with Crippen LogP contribution in [0.25, 0.3) is 32.9 Å². The second-order valence-electron chi connectivity index (χ2n) is 13.6. The molecule has 12 heteroatoms. The van der Waals surface area contributed by atoms with Crippen molar-refractivity contribution in [2.75, 3.05) is 39.5 Å². The van der Waals surface area contributed by atoms with Crippen molar-refractivity contribution >= 4 is 27.9 Å². The van der Waals surface area contributed by atoms with Gasteiger partial charge in [0.1, 0.15) is 5.60 Å². The van der Waals surface area contributed by atoms with E-state index < -0.39 is 24.0 Å². The Balaban J connectivity index is 0.941. The highest BCUT2D eigenvalue weighted by Gasteiger charge is 2.42. The molecule has 0 N–H and O–H groups in total. The third kappa shape index (κ3) is 10.1. The summed E-state index contributed by atoms with van der Waals surface area (Å²) in [4.78, 5) is 22.6. The smallest absolute Gasteiger partial charge is 0.414 e. The molecule has 1 aliphatic rings. The van der Waals surface area contributed by atoms with Gasteiger partial charge in [-0.1, -0.05) is 12.1 Å². The molecule has 49 heavy (non-hydrogen) atoms. The van der Waals surface area contributed by atoms with Crippen molar-refractivity contribution < 1.29 is 36.9 Å². The molecule has 266 valence electrons. The first kappa shape index (κ1) is 36.4. The summed E-state index contributed by atoms with van der Waals surface area (Å²) in [5.74, 6) is 0.382. The van der Waals surface area contributed by atoms with Gasteiger partial charge in [0.2, 0.25) is 5.88 Å². The lowest BCUT2D eigenvalue weighted by Gasteiger charge is -2.35. The molecule has 9 nitrogen and oxygen atoms in total. The summed E-state index contributed by atoms with van der Waals surface area (Å²) in [5, 5.41) is 2.30. The van der Waals surface area contributed by atoms with E-state index in [0.717, 1.165) is 52.2 Å². The Labute approximate surface area is 285 Å². The minimum absolute atomic E-state index is 0.0983. The van der Waals surface area contributed by atoms with Crippen LogP contribution in [0.2, 0.25) is 0 Å². The molecule has 0 saturated carbocycles. The maximum atomic E-state index is 13.7. The monoisotopic (exact) mass is 684 g/mol. The van der Waals surface area contributed by atoms with E-state index in [-0.39, 0.29) is 25.6 Å². The van der Waals surface area contributed by atoms with E-state index in [1.54, 1.807) is 31.9 Å². The number of pyridine rings is 2. The summed E-state index contributed by atoms with van der Waals surface area (Å²) < 4.78 is 65.1. The molecule has 4 heterocycles. The van der Waals surface area contributed by atoms with Crippen molar-refractivity contribution in [3.05, 3.63) is 55.0 Å². The predicted octanol–water partition coefficient (Wildman–Crippen LogP) is 8.34. The molecule has 4 aromatic rings. The van der Waals surface area contributed by atoms with Crippen LogP contribution in [0.1, 0.15) is 59.3 Å². The summed E-state index contributed by atoms with van der Waals surface area (Å²) in [7, 11) is 2.06. The number of carbonyl (C=O) groups is 1. The zero-order valence-electron chi connectivity index (χ0n) is 28.8. The van der Waals surface area contributed by atoms with Crippen LogP contribution in [0.4, 0.5) is 18.0 Å². The lowest BCUT2D eigenvalue weighted by Crippen LogP contribution is -2.43. The maximum absolute atomic E-state index is 13.7. The molecule has 0 radical (unpaired) electrons. The third-order valence-electron chi connectivity index (χ3n) is 8.79. The average Bonchev–Trinajstić information content (AvgIpc) is 3.35. The first-order valence-corrected chi connectivity index (χ1v) is 17.0. The second-order valence-corrected chi connectivity index (χ2v) is 13.6. The van der Waals surface area contributed by atoms with Gasteiger partial charge in [-0.2, -0.15) is 13.2 Å². The van der Waals surface area contributed by atoms with Crippen molar-refractivity contribution in [3.8, 4) is 17.0 Å². The molecule has 1 aromatic carbocycles. The van der Waals surface area contributed by atoms with Gasteiger partial charge < -0.3 is 28.4 Å².